The number of carbonyl (C=O) groups excluding carboxylic acids is 2. The molecule has 53 heavy (non-hydrogen) atoms. The SMILES string of the molecule is N#Cc1c(N)nc(SCc2coc(-c3ccc(Cl)cc3)n2)c(C#N)c1-c1ccc(OC[C@@H](COC(=O)CCCCCN)OC(=O)CCCCCN)cc1. The Hall–Kier alpha value is -5.12. The highest BCUT2D eigenvalue weighted by Gasteiger charge is 2.22. The molecule has 2 aromatic heterocycles. The number of unbranched alkanes of at least 4 members (excludes halogenated alkanes) is 4. The van der Waals surface area contributed by atoms with Gasteiger partial charge in [-0.05, 0) is 80.7 Å². The van der Waals surface area contributed by atoms with Crippen LogP contribution in [0.2, 0.25) is 5.02 Å². The molecule has 6 N–H and O–H groups in total. The fraction of sp³-hybridized carbons (Fsp3) is 0.368. The van der Waals surface area contributed by atoms with Gasteiger partial charge in [0.1, 0.15) is 53.8 Å². The lowest BCUT2D eigenvalue weighted by Crippen LogP contribution is -2.31. The van der Waals surface area contributed by atoms with E-state index in [1.54, 1.807) is 48.5 Å². The summed E-state index contributed by atoms with van der Waals surface area (Å²) in [4.78, 5) is 33.8. The fourth-order valence-electron chi connectivity index (χ4n) is 5.14. The molecular formula is C38H42ClN7O6S. The molecule has 0 aliphatic heterocycles. The molecular weight excluding hydrogens is 718 g/mol. The van der Waals surface area contributed by atoms with Crippen molar-refractivity contribution in [1.29, 1.82) is 10.5 Å². The van der Waals surface area contributed by atoms with Crippen LogP contribution >= 0.6 is 23.4 Å². The number of halogens is 1. The van der Waals surface area contributed by atoms with E-state index in [-0.39, 0.29) is 43.0 Å². The highest BCUT2D eigenvalue weighted by molar-refractivity contribution is 7.98. The van der Waals surface area contributed by atoms with Crippen molar-refractivity contribution in [2.45, 2.75) is 68.2 Å². The van der Waals surface area contributed by atoms with E-state index >= 15 is 0 Å². The summed E-state index contributed by atoms with van der Waals surface area (Å²) in [5.41, 5.74) is 19.8. The molecule has 0 radical (unpaired) electrons. The van der Waals surface area contributed by atoms with E-state index < -0.39 is 18.0 Å². The zero-order chi connectivity index (χ0) is 38.0. The van der Waals surface area contributed by atoms with Crippen LogP contribution in [-0.2, 0) is 24.8 Å². The minimum atomic E-state index is -0.841. The molecule has 4 rings (SSSR count). The van der Waals surface area contributed by atoms with Crippen molar-refractivity contribution in [1.82, 2.24) is 9.97 Å². The van der Waals surface area contributed by atoms with E-state index in [0.29, 0.717) is 70.2 Å². The van der Waals surface area contributed by atoms with Crippen molar-refractivity contribution in [3.05, 3.63) is 76.6 Å². The number of benzene rings is 2. The Balaban J connectivity index is 1.45. The number of pyridine rings is 1. The Bertz CT molecular complexity index is 1890. The van der Waals surface area contributed by atoms with Gasteiger partial charge in [0.25, 0.3) is 0 Å². The number of oxazole rings is 1. The zero-order valence-electron chi connectivity index (χ0n) is 29.2. The number of hydrogen-bond acceptors (Lipinski definition) is 14. The topological polar surface area (TPSA) is 226 Å². The van der Waals surface area contributed by atoms with E-state index in [2.05, 4.69) is 22.1 Å². The van der Waals surface area contributed by atoms with Crippen molar-refractivity contribution < 1.29 is 28.2 Å². The van der Waals surface area contributed by atoms with Gasteiger partial charge >= 0.3 is 11.9 Å². The summed E-state index contributed by atoms with van der Waals surface area (Å²) in [7, 11) is 0. The molecule has 13 nitrogen and oxygen atoms in total. The van der Waals surface area contributed by atoms with Crippen LogP contribution in [0.4, 0.5) is 5.82 Å². The molecule has 4 aromatic rings. The molecule has 0 spiro atoms. The van der Waals surface area contributed by atoms with E-state index in [9.17, 15) is 20.1 Å². The standard InChI is InChI=1S/C38H42ClN7O6S/c39-27-13-9-26(10-14-27)37-45-28(21-51-37)24-53-38-32(20-43)35(31(19-42)36(44)46-38)25-11-15-29(16-12-25)49-22-30(52-34(48)8-4-2-6-18-41)23-50-33(47)7-3-1-5-17-40/h9-16,21,30H,1-8,17-18,22-24,40-41H2,(H2,44,46)/t30-/m0/s1. The fourth-order valence-corrected chi connectivity index (χ4v) is 6.14. The number of anilines is 1. The molecule has 0 fully saturated rings. The van der Waals surface area contributed by atoms with E-state index in [0.717, 1.165) is 31.2 Å². The predicted molar refractivity (Wildman–Crippen MR) is 201 cm³/mol. The predicted octanol–water partition coefficient (Wildman–Crippen LogP) is 6.55. The summed E-state index contributed by atoms with van der Waals surface area (Å²) < 4.78 is 22.6. The van der Waals surface area contributed by atoms with Gasteiger partial charge < -0.3 is 35.8 Å². The number of nitrogens with two attached hydrogens (primary N) is 3. The van der Waals surface area contributed by atoms with Gasteiger partial charge in [0.2, 0.25) is 5.89 Å². The van der Waals surface area contributed by atoms with Gasteiger partial charge in [0.15, 0.2) is 6.10 Å². The van der Waals surface area contributed by atoms with Crippen LogP contribution in [0.25, 0.3) is 22.6 Å². The first-order valence-corrected chi connectivity index (χ1v) is 18.6. The van der Waals surface area contributed by atoms with Crippen LogP contribution in [0.1, 0.15) is 68.2 Å². The third kappa shape index (κ3) is 12.5. The Morgan fingerprint density at radius 1 is 0.830 bits per heavy atom. The second kappa shape index (κ2) is 21.4. The molecule has 0 aliphatic rings. The van der Waals surface area contributed by atoms with Crippen molar-refractivity contribution in [2.24, 2.45) is 11.5 Å². The minimum Gasteiger partial charge on any atom is -0.490 e. The smallest absolute Gasteiger partial charge is 0.306 e. The quantitative estimate of drug-likeness (QED) is 0.0465. The second-order valence-corrected chi connectivity index (χ2v) is 13.3. The van der Waals surface area contributed by atoms with Crippen LogP contribution < -0.4 is 21.9 Å². The Morgan fingerprint density at radius 3 is 2.11 bits per heavy atom. The third-order valence-electron chi connectivity index (χ3n) is 7.89. The van der Waals surface area contributed by atoms with Gasteiger partial charge in [-0.1, -0.05) is 48.3 Å². The lowest BCUT2D eigenvalue weighted by molar-refractivity contribution is -0.161. The van der Waals surface area contributed by atoms with Gasteiger partial charge in [0, 0.05) is 34.7 Å². The Morgan fingerprint density at radius 2 is 1.47 bits per heavy atom. The van der Waals surface area contributed by atoms with Crippen LogP contribution in [-0.4, -0.2) is 54.3 Å². The second-order valence-electron chi connectivity index (χ2n) is 11.9. The van der Waals surface area contributed by atoms with Crippen molar-refractivity contribution >= 4 is 41.1 Å². The largest absolute Gasteiger partial charge is 0.490 e. The summed E-state index contributed by atoms with van der Waals surface area (Å²) in [5, 5.41) is 21.2. The first-order chi connectivity index (χ1) is 25.8. The number of thioether (sulfide) groups is 1. The van der Waals surface area contributed by atoms with Gasteiger partial charge in [-0.25, -0.2) is 9.97 Å². The minimum absolute atomic E-state index is 0.0204. The number of aromatic nitrogens is 2. The van der Waals surface area contributed by atoms with Crippen LogP contribution in [0.3, 0.4) is 0 Å². The molecule has 278 valence electrons. The van der Waals surface area contributed by atoms with Gasteiger partial charge in [-0.15, -0.1) is 0 Å². The van der Waals surface area contributed by atoms with Crippen molar-refractivity contribution in [3.8, 4) is 40.5 Å². The molecule has 0 bridgehead atoms. The average molecular weight is 760 g/mol. The number of nitriles is 2. The molecule has 0 unspecified atom stereocenters. The first-order valence-electron chi connectivity index (χ1n) is 17.2. The highest BCUT2D eigenvalue weighted by Crippen LogP contribution is 2.37. The molecule has 0 saturated heterocycles. The monoisotopic (exact) mass is 759 g/mol. The summed E-state index contributed by atoms with van der Waals surface area (Å²) in [6.45, 7) is 0.871. The number of esters is 2. The number of carbonyl (C=O) groups is 2. The van der Waals surface area contributed by atoms with Crippen LogP contribution in [0.5, 0.6) is 5.75 Å². The Labute approximate surface area is 317 Å². The summed E-state index contributed by atoms with van der Waals surface area (Å²) in [6, 6.07) is 18.1. The third-order valence-corrected chi connectivity index (χ3v) is 9.15. The summed E-state index contributed by atoms with van der Waals surface area (Å²) in [5.74, 6) is 0.322. The number of nitrogens with zero attached hydrogens (tertiary/aromatic N) is 4. The molecule has 0 saturated carbocycles. The van der Waals surface area contributed by atoms with E-state index in [1.807, 2.05) is 0 Å². The van der Waals surface area contributed by atoms with Crippen molar-refractivity contribution in [2.75, 3.05) is 32.0 Å². The van der Waals surface area contributed by atoms with Gasteiger partial charge in [-0.2, -0.15) is 10.5 Å². The molecule has 2 aromatic carbocycles. The lowest BCUT2D eigenvalue weighted by atomic mass is 9.97. The normalized spacial score (nSPS) is 11.3. The highest BCUT2D eigenvalue weighted by atomic mass is 35.5. The maximum absolute atomic E-state index is 12.5. The number of hydrogen-bond donors (Lipinski definition) is 3. The number of nitrogen functional groups attached to an aromatic ring is 1. The summed E-state index contributed by atoms with van der Waals surface area (Å²) >= 11 is 7.23. The maximum Gasteiger partial charge on any atom is 0.306 e. The number of ether oxygens (including phenoxy) is 3. The Kier molecular flexibility index (Phi) is 16.4. The van der Waals surface area contributed by atoms with Crippen LogP contribution in [0, 0.1) is 22.7 Å². The summed E-state index contributed by atoms with van der Waals surface area (Å²) in [6.07, 6.45) is 5.67. The van der Waals surface area contributed by atoms with E-state index in [4.69, 9.17) is 47.4 Å². The molecule has 0 amide bonds. The average Bonchev–Trinajstić information content (AvgIpc) is 3.64. The molecule has 15 heteroatoms. The maximum atomic E-state index is 12.5. The molecule has 2 heterocycles. The van der Waals surface area contributed by atoms with Crippen LogP contribution in [0.15, 0.2) is 64.2 Å². The van der Waals surface area contributed by atoms with Gasteiger partial charge in [-0.3, -0.25) is 9.59 Å². The number of rotatable bonds is 21. The molecule has 1 atom stereocenters. The van der Waals surface area contributed by atoms with E-state index in [1.165, 1.54) is 18.0 Å². The lowest BCUT2D eigenvalue weighted by Gasteiger charge is -2.19. The zero-order valence-corrected chi connectivity index (χ0v) is 30.8. The first kappa shape index (κ1) is 40.6. The molecule has 0 aliphatic carbocycles. The van der Waals surface area contributed by atoms with Gasteiger partial charge in [0.05, 0.1) is 11.3 Å². The van der Waals surface area contributed by atoms with Crippen molar-refractivity contribution in [3.63, 3.8) is 0 Å².